The van der Waals surface area contributed by atoms with Gasteiger partial charge in [-0.15, -0.1) is 0 Å². The van der Waals surface area contributed by atoms with Crippen LogP contribution < -0.4 is 0 Å². The molecule has 2 rings (SSSR count). The molecule has 0 amide bonds. The first-order valence-electron chi connectivity index (χ1n) is 8.33. The molecule has 118 valence electrons. The average molecular weight is 298 g/mol. The standard InChI is InChI=1S/C20H26O2/c1-2-3-4-5-6-7-11-16-12-10-14-18(20(16)22)17-13-8-9-15-19(17)21/h8-10,12-15,21-22H,2-7,11H2,1H3. The average Bonchev–Trinajstić information content (AvgIpc) is 2.53. The van der Waals surface area contributed by atoms with Gasteiger partial charge in [-0.05, 0) is 24.5 Å². The smallest absolute Gasteiger partial charge is 0.126 e. The van der Waals surface area contributed by atoms with E-state index < -0.39 is 0 Å². The zero-order valence-electron chi connectivity index (χ0n) is 13.4. The van der Waals surface area contributed by atoms with Crippen LogP contribution in [0.3, 0.4) is 0 Å². The molecular weight excluding hydrogens is 272 g/mol. The van der Waals surface area contributed by atoms with Crippen molar-refractivity contribution in [2.24, 2.45) is 0 Å². The molecule has 0 heterocycles. The van der Waals surface area contributed by atoms with Crippen molar-refractivity contribution >= 4 is 0 Å². The molecule has 2 nitrogen and oxygen atoms in total. The van der Waals surface area contributed by atoms with E-state index in [0.717, 1.165) is 18.4 Å². The summed E-state index contributed by atoms with van der Waals surface area (Å²) in [6.07, 6.45) is 8.35. The van der Waals surface area contributed by atoms with Gasteiger partial charge in [-0.2, -0.15) is 0 Å². The predicted octanol–water partition coefficient (Wildman–Crippen LogP) is 5.67. The summed E-state index contributed by atoms with van der Waals surface area (Å²) in [4.78, 5) is 0. The Kier molecular flexibility index (Phi) is 6.32. The maximum atomic E-state index is 10.5. The zero-order chi connectivity index (χ0) is 15.8. The van der Waals surface area contributed by atoms with Crippen molar-refractivity contribution in [1.29, 1.82) is 0 Å². The minimum absolute atomic E-state index is 0.203. The first-order chi connectivity index (χ1) is 10.7. The molecule has 2 heteroatoms. The van der Waals surface area contributed by atoms with Gasteiger partial charge in [0.1, 0.15) is 11.5 Å². The third-order valence-corrected chi connectivity index (χ3v) is 4.11. The Labute approximate surface area is 133 Å². The van der Waals surface area contributed by atoms with Crippen LogP contribution >= 0.6 is 0 Å². The normalized spacial score (nSPS) is 10.8. The number of para-hydroxylation sites is 2. The van der Waals surface area contributed by atoms with E-state index in [-0.39, 0.29) is 5.75 Å². The van der Waals surface area contributed by atoms with Crippen molar-refractivity contribution in [3.63, 3.8) is 0 Å². The lowest BCUT2D eigenvalue weighted by molar-refractivity contribution is 0.463. The minimum atomic E-state index is 0.203. The van der Waals surface area contributed by atoms with Crippen LogP contribution in [0.5, 0.6) is 11.5 Å². The summed E-state index contributed by atoms with van der Waals surface area (Å²) in [5.41, 5.74) is 2.36. The first-order valence-corrected chi connectivity index (χ1v) is 8.33. The summed E-state index contributed by atoms with van der Waals surface area (Å²) in [5.74, 6) is 0.507. The molecule has 0 saturated heterocycles. The molecule has 0 aliphatic carbocycles. The van der Waals surface area contributed by atoms with Gasteiger partial charge in [0.2, 0.25) is 0 Å². The number of phenols is 2. The fraction of sp³-hybridized carbons (Fsp3) is 0.400. The highest BCUT2D eigenvalue weighted by Gasteiger charge is 2.11. The molecule has 0 aliphatic rings. The number of hydrogen-bond acceptors (Lipinski definition) is 2. The molecule has 0 atom stereocenters. The van der Waals surface area contributed by atoms with E-state index in [9.17, 15) is 10.2 Å². The van der Waals surface area contributed by atoms with Gasteiger partial charge in [0.15, 0.2) is 0 Å². The van der Waals surface area contributed by atoms with Gasteiger partial charge in [-0.25, -0.2) is 0 Å². The van der Waals surface area contributed by atoms with E-state index in [1.165, 1.54) is 32.1 Å². The predicted molar refractivity (Wildman–Crippen MR) is 92.3 cm³/mol. The molecule has 2 aromatic carbocycles. The van der Waals surface area contributed by atoms with Gasteiger partial charge >= 0.3 is 0 Å². The molecule has 22 heavy (non-hydrogen) atoms. The monoisotopic (exact) mass is 298 g/mol. The Morgan fingerprint density at radius 3 is 2.18 bits per heavy atom. The highest BCUT2D eigenvalue weighted by molar-refractivity contribution is 5.76. The Morgan fingerprint density at radius 1 is 0.727 bits per heavy atom. The van der Waals surface area contributed by atoms with E-state index in [4.69, 9.17) is 0 Å². The molecule has 0 aliphatic heterocycles. The fourth-order valence-electron chi connectivity index (χ4n) is 2.81. The van der Waals surface area contributed by atoms with Crippen LogP contribution in [-0.4, -0.2) is 10.2 Å². The van der Waals surface area contributed by atoms with Crippen molar-refractivity contribution in [2.75, 3.05) is 0 Å². The second-order valence-corrected chi connectivity index (χ2v) is 5.85. The maximum absolute atomic E-state index is 10.5. The lowest BCUT2D eigenvalue weighted by Gasteiger charge is -2.11. The van der Waals surface area contributed by atoms with Crippen molar-refractivity contribution in [2.45, 2.75) is 51.9 Å². The lowest BCUT2D eigenvalue weighted by Crippen LogP contribution is -1.90. The Balaban J connectivity index is 2.02. The second-order valence-electron chi connectivity index (χ2n) is 5.85. The van der Waals surface area contributed by atoms with Crippen molar-refractivity contribution in [3.8, 4) is 22.6 Å². The van der Waals surface area contributed by atoms with Crippen molar-refractivity contribution < 1.29 is 10.2 Å². The quantitative estimate of drug-likeness (QED) is 0.617. The number of aryl methyl sites for hydroxylation is 1. The summed E-state index contributed by atoms with van der Waals surface area (Å²) in [5, 5.41) is 20.5. The van der Waals surface area contributed by atoms with E-state index in [1.54, 1.807) is 12.1 Å². The third-order valence-electron chi connectivity index (χ3n) is 4.11. The molecule has 0 spiro atoms. The van der Waals surface area contributed by atoms with Crippen LogP contribution in [0.4, 0.5) is 0 Å². The molecule has 0 radical (unpaired) electrons. The van der Waals surface area contributed by atoms with Gasteiger partial charge in [0.25, 0.3) is 0 Å². The summed E-state index contributed by atoms with van der Waals surface area (Å²) in [6, 6.07) is 12.9. The zero-order valence-corrected chi connectivity index (χ0v) is 13.4. The topological polar surface area (TPSA) is 40.5 Å². The highest BCUT2D eigenvalue weighted by Crippen LogP contribution is 2.37. The largest absolute Gasteiger partial charge is 0.507 e. The third kappa shape index (κ3) is 4.27. The van der Waals surface area contributed by atoms with Gasteiger partial charge in [-0.3, -0.25) is 0 Å². The van der Waals surface area contributed by atoms with Crippen molar-refractivity contribution in [3.05, 3.63) is 48.0 Å². The molecular formula is C20H26O2. The Hall–Kier alpha value is -1.96. The molecule has 0 saturated carbocycles. The Bertz CT molecular complexity index is 590. The van der Waals surface area contributed by atoms with E-state index in [1.807, 2.05) is 30.3 Å². The summed E-state index contributed by atoms with van der Waals surface area (Å²) >= 11 is 0. The van der Waals surface area contributed by atoms with E-state index >= 15 is 0 Å². The second kappa shape index (κ2) is 8.47. The number of unbranched alkanes of at least 4 members (excludes halogenated alkanes) is 5. The van der Waals surface area contributed by atoms with Gasteiger partial charge in [-0.1, -0.05) is 75.4 Å². The molecule has 0 unspecified atom stereocenters. The van der Waals surface area contributed by atoms with Gasteiger partial charge < -0.3 is 10.2 Å². The lowest BCUT2D eigenvalue weighted by atomic mass is 9.97. The van der Waals surface area contributed by atoms with Crippen LogP contribution in [0.2, 0.25) is 0 Å². The van der Waals surface area contributed by atoms with Crippen molar-refractivity contribution in [1.82, 2.24) is 0 Å². The first kappa shape index (κ1) is 16.4. The van der Waals surface area contributed by atoms with Gasteiger partial charge in [0.05, 0.1) is 0 Å². The van der Waals surface area contributed by atoms with Crippen LogP contribution in [0.15, 0.2) is 42.5 Å². The summed E-state index contributed by atoms with van der Waals surface area (Å²) < 4.78 is 0. The number of rotatable bonds is 8. The number of benzene rings is 2. The van der Waals surface area contributed by atoms with Gasteiger partial charge in [0, 0.05) is 11.1 Å². The molecule has 0 bridgehead atoms. The van der Waals surface area contributed by atoms with Crippen LogP contribution in [0.1, 0.15) is 51.0 Å². The SMILES string of the molecule is CCCCCCCCc1cccc(-c2ccccc2O)c1O. The maximum Gasteiger partial charge on any atom is 0.126 e. The summed E-state index contributed by atoms with van der Waals surface area (Å²) in [7, 11) is 0. The highest BCUT2D eigenvalue weighted by atomic mass is 16.3. The number of hydrogen-bond donors (Lipinski definition) is 2. The number of aromatic hydroxyl groups is 2. The molecule has 0 fully saturated rings. The Morgan fingerprint density at radius 2 is 1.41 bits per heavy atom. The number of phenolic OH excluding ortho intramolecular Hbond substituents is 2. The minimum Gasteiger partial charge on any atom is -0.507 e. The van der Waals surface area contributed by atoms with E-state index in [2.05, 4.69) is 6.92 Å². The molecule has 2 aromatic rings. The molecule has 2 N–H and O–H groups in total. The van der Waals surface area contributed by atoms with Crippen LogP contribution in [0.25, 0.3) is 11.1 Å². The summed E-state index contributed by atoms with van der Waals surface area (Å²) in [6.45, 7) is 2.22. The van der Waals surface area contributed by atoms with Crippen LogP contribution in [-0.2, 0) is 6.42 Å². The van der Waals surface area contributed by atoms with Crippen LogP contribution in [0, 0.1) is 0 Å². The fourth-order valence-corrected chi connectivity index (χ4v) is 2.81. The van der Waals surface area contributed by atoms with E-state index in [0.29, 0.717) is 16.9 Å². The molecule has 0 aromatic heterocycles.